The van der Waals surface area contributed by atoms with E-state index >= 15 is 0 Å². The summed E-state index contributed by atoms with van der Waals surface area (Å²) in [6.45, 7) is 0. The zero-order valence-corrected chi connectivity index (χ0v) is 17.1. The van der Waals surface area contributed by atoms with Crippen LogP contribution in [0.4, 0.5) is 15.0 Å². The molecule has 0 aliphatic rings. The number of rotatable bonds is 3. The summed E-state index contributed by atoms with van der Waals surface area (Å²) in [5.41, 5.74) is 1.26. The van der Waals surface area contributed by atoms with Gasteiger partial charge in [-0.05, 0) is 57.9 Å². The molecular weight excluding hydrogens is 472 g/mol. The summed E-state index contributed by atoms with van der Waals surface area (Å²) >= 11 is 15.0. The summed E-state index contributed by atoms with van der Waals surface area (Å²) < 4.78 is 14.2. The first-order valence-electron chi connectivity index (χ1n) is 7.84. The highest BCUT2D eigenvalue weighted by atomic mass is 79.9. The Morgan fingerprint density at radius 2 is 1.71 bits per heavy atom. The molecule has 5 nitrogen and oxygen atoms in total. The average molecular weight is 483 g/mol. The molecule has 0 bridgehead atoms. The second-order valence-corrected chi connectivity index (χ2v) is 7.14. The lowest BCUT2D eigenvalue weighted by atomic mass is 10.1. The average Bonchev–Trinajstić information content (AvgIpc) is 2.62. The molecule has 142 valence electrons. The number of imide groups is 1. The molecule has 28 heavy (non-hydrogen) atoms. The van der Waals surface area contributed by atoms with Crippen LogP contribution in [0.2, 0.25) is 10.0 Å². The first-order chi connectivity index (χ1) is 13.3. The number of pyridine rings is 1. The molecule has 0 fully saturated rings. The minimum Gasteiger partial charge on any atom is -0.292 e. The molecule has 2 N–H and O–H groups in total. The van der Waals surface area contributed by atoms with Gasteiger partial charge in [0.25, 0.3) is 5.91 Å². The summed E-state index contributed by atoms with van der Waals surface area (Å²) in [7, 11) is 0. The van der Waals surface area contributed by atoms with Gasteiger partial charge in [-0.25, -0.2) is 14.2 Å². The molecule has 3 amide bonds. The summed E-state index contributed by atoms with van der Waals surface area (Å²) in [4.78, 5) is 28.4. The van der Waals surface area contributed by atoms with Gasteiger partial charge in [-0.15, -0.1) is 0 Å². The van der Waals surface area contributed by atoms with E-state index in [0.717, 1.165) is 17.2 Å². The van der Waals surface area contributed by atoms with Gasteiger partial charge in [0.2, 0.25) is 0 Å². The standard InChI is InChI=1S/C19H11BrCl2FN3O2/c20-17-12(10-4-6-11(21)7-5-10)8-9-15(24-17)25-19(28)26-18(27)16-13(22)2-1-3-14(16)23/h1-9H,(H2,24,25,26,27,28). The van der Waals surface area contributed by atoms with Crippen LogP contribution < -0.4 is 10.6 Å². The maximum atomic E-state index is 13.8. The lowest BCUT2D eigenvalue weighted by molar-refractivity contribution is 0.0963. The highest BCUT2D eigenvalue weighted by molar-refractivity contribution is 9.10. The maximum absolute atomic E-state index is 13.8. The molecule has 0 aliphatic heterocycles. The topological polar surface area (TPSA) is 71.1 Å². The van der Waals surface area contributed by atoms with Crippen LogP contribution in [0.25, 0.3) is 11.1 Å². The van der Waals surface area contributed by atoms with Crippen LogP contribution >= 0.6 is 39.1 Å². The molecule has 1 heterocycles. The van der Waals surface area contributed by atoms with Gasteiger partial charge >= 0.3 is 6.03 Å². The maximum Gasteiger partial charge on any atom is 0.327 e. The number of nitrogens with zero attached hydrogens (tertiary/aromatic N) is 1. The number of nitrogens with one attached hydrogen (secondary N) is 2. The van der Waals surface area contributed by atoms with Gasteiger partial charge in [0, 0.05) is 10.6 Å². The van der Waals surface area contributed by atoms with Gasteiger partial charge in [0.1, 0.15) is 16.2 Å². The molecule has 0 radical (unpaired) electrons. The van der Waals surface area contributed by atoms with Gasteiger partial charge in [-0.1, -0.05) is 41.4 Å². The second-order valence-electron chi connectivity index (χ2n) is 5.55. The van der Waals surface area contributed by atoms with Crippen molar-refractivity contribution < 1.29 is 14.0 Å². The smallest absolute Gasteiger partial charge is 0.292 e. The third-order valence-corrected chi connectivity index (χ3v) is 4.83. The van der Waals surface area contributed by atoms with Gasteiger partial charge < -0.3 is 0 Å². The Balaban J connectivity index is 1.71. The van der Waals surface area contributed by atoms with E-state index in [9.17, 15) is 14.0 Å². The molecule has 9 heteroatoms. The first-order valence-corrected chi connectivity index (χ1v) is 9.39. The minimum absolute atomic E-state index is 0.0986. The quantitative estimate of drug-likeness (QED) is 0.455. The lowest BCUT2D eigenvalue weighted by Gasteiger charge is -2.10. The Labute approximate surface area is 178 Å². The predicted octanol–water partition coefficient (Wildman–Crippen LogP) is 5.92. The van der Waals surface area contributed by atoms with Crippen molar-refractivity contribution in [2.75, 3.05) is 5.32 Å². The van der Waals surface area contributed by atoms with Crippen LogP contribution in [0.3, 0.4) is 0 Å². The van der Waals surface area contributed by atoms with E-state index < -0.39 is 23.3 Å². The molecule has 0 spiro atoms. The molecule has 0 saturated heterocycles. The largest absolute Gasteiger partial charge is 0.327 e. The van der Waals surface area contributed by atoms with Crippen molar-refractivity contribution in [2.45, 2.75) is 0 Å². The van der Waals surface area contributed by atoms with Crippen LogP contribution in [0.15, 0.2) is 59.2 Å². The molecule has 3 rings (SSSR count). The fourth-order valence-electron chi connectivity index (χ4n) is 2.38. The van der Waals surface area contributed by atoms with E-state index in [1.54, 1.807) is 24.3 Å². The van der Waals surface area contributed by atoms with Crippen molar-refractivity contribution in [3.8, 4) is 11.1 Å². The van der Waals surface area contributed by atoms with Crippen LogP contribution in [0, 0.1) is 5.82 Å². The highest BCUT2D eigenvalue weighted by Crippen LogP contribution is 2.29. The van der Waals surface area contributed by atoms with Crippen LogP contribution in [-0.4, -0.2) is 16.9 Å². The van der Waals surface area contributed by atoms with Gasteiger partial charge in [0.05, 0.1) is 10.6 Å². The van der Waals surface area contributed by atoms with E-state index in [-0.39, 0.29) is 10.8 Å². The molecule has 0 atom stereocenters. The molecule has 0 saturated carbocycles. The van der Waals surface area contributed by atoms with Crippen molar-refractivity contribution in [3.05, 3.63) is 80.6 Å². The van der Waals surface area contributed by atoms with Crippen molar-refractivity contribution in [1.29, 1.82) is 0 Å². The molecule has 2 aromatic carbocycles. The SMILES string of the molecule is O=C(NC(=O)c1c(F)cccc1Cl)Nc1ccc(-c2ccc(Cl)cc2)c(Br)n1. The molecule has 1 aromatic heterocycles. The summed E-state index contributed by atoms with van der Waals surface area (Å²) in [5, 5.41) is 4.94. The van der Waals surface area contributed by atoms with E-state index in [1.165, 1.54) is 12.1 Å². The number of carbonyl (C=O) groups is 2. The monoisotopic (exact) mass is 481 g/mol. The Bertz CT molecular complexity index is 1040. The number of halogens is 4. The third-order valence-electron chi connectivity index (χ3n) is 3.66. The van der Waals surface area contributed by atoms with Crippen molar-refractivity contribution in [2.24, 2.45) is 0 Å². The fraction of sp³-hybridized carbons (Fsp3) is 0. The highest BCUT2D eigenvalue weighted by Gasteiger charge is 2.18. The number of carbonyl (C=O) groups excluding carboxylic acids is 2. The van der Waals surface area contributed by atoms with Crippen LogP contribution in [0.5, 0.6) is 0 Å². The number of hydrogen-bond acceptors (Lipinski definition) is 3. The van der Waals surface area contributed by atoms with Crippen LogP contribution in [-0.2, 0) is 0 Å². The Hall–Kier alpha value is -2.48. The first kappa shape index (κ1) is 20.3. The Morgan fingerprint density at radius 3 is 2.36 bits per heavy atom. The summed E-state index contributed by atoms with van der Waals surface area (Å²) in [5.74, 6) is -1.60. The summed E-state index contributed by atoms with van der Waals surface area (Å²) in [6.07, 6.45) is 0. The fourth-order valence-corrected chi connectivity index (χ4v) is 3.30. The zero-order chi connectivity index (χ0) is 20.3. The number of aromatic nitrogens is 1. The minimum atomic E-state index is -0.961. The van der Waals surface area contributed by atoms with E-state index in [1.807, 2.05) is 17.4 Å². The Kier molecular flexibility index (Phi) is 6.28. The Morgan fingerprint density at radius 1 is 1.00 bits per heavy atom. The van der Waals surface area contributed by atoms with Crippen molar-refractivity contribution in [1.82, 2.24) is 10.3 Å². The number of urea groups is 1. The predicted molar refractivity (Wildman–Crippen MR) is 110 cm³/mol. The van der Waals surface area contributed by atoms with Crippen molar-refractivity contribution >= 4 is 56.9 Å². The molecular formula is C19H11BrCl2FN3O2. The molecule has 3 aromatic rings. The van der Waals surface area contributed by atoms with Crippen molar-refractivity contribution in [3.63, 3.8) is 0 Å². The van der Waals surface area contributed by atoms with Gasteiger partial charge in [-0.2, -0.15) is 0 Å². The second kappa shape index (κ2) is 8.68. The van der Waals surface area contributed by atoms with E-state index in [0.29, 0.717) is 9.63 Å². The normalized spacial score (nSPS) is 10.4. The van der Waals surface area contributed by atoms with E-state index in [4.69, 9.17) is 23.2 Å². The van der Waals surface area contributed by atoms with Gasteiger partial charge in [0.15, 0.2) is 0 Å². The lowest BCUT2D eigenvalue weighted by Crippen LogP contribution is -2.35. The third kappa shape index (κ3) is 4.67. The number of hydrogen-bond donors (Lipinski definition) is 2. The molecule has 0 aliphatic carbocycles. The molecule has 0 unspecified atom stereocenters. The number of benzene rings is 2. The number of anilines is 1. The summed E-state index contributed by atoms with van der Waals surface area (Å²) in [6, 6.07) is 13.4. The zero-order valence-electron chi connectivity index (χ0n) is 14.0. The van der Waals surface area contributed by atoms with E-state index in [2.05, 4.69) is 26.2 Å². The van der Waals surface area contributed by atoms with Gasteiger partial charge in [-0.3, -0.25) is 15.4 Å². The van der Waals surface area contributed by atoms with Crippen LogP contribution in [0.1, 0.15) is 10.4 Å². The number of amides is 3.